The zero-order valence-electron chi connectivity index (χ0n) is 18.5. The lowest BCUT2D eigenvalue weighted by atomic mass is 9.95. The molecule has 0 bridgehead atoms. The molecular formula is C23H26N4O3S3. The van der Waals surface area contributed by atoms with E-state index in [1.165, 1.54) is 33.5 Å². The average molecular weight is 503 g/mol. The maximum Gasteiger partial charge on any atom is 0.263 e. The first kappa shape index (κ1) is 22.6. The summed E-state index contributed by atoms with van der Waals surface area (Å²) < 4.78 is 1.67. The number of anilines is 1. The Bertz CT molecular complexity index is 1320. The first-order valence-corrected chi connectivity index (χ1v) is 14.0. The number of aryl methyl sites for hydroxylation is 3. The molecule has 10 heteroatoms. The highest BCUT2D eigenvalue weighted by atomic mass is 32.2. The van der Waals surface area contributed by atoms with E-state index in [2.05, 4.69) is 5.32 Å². The van der Waals surface area contributed by atoms with Gasteiger partial charge in [0.25, 0.3) is 11.5 Å². The molecule has 2 amide bonds. The quantitative estimate of drug-likeness (QED) is 0.389. The Morgan fingerprint density at radius 3 is 2.42 bits per heavy atom. The summed E-state index contributed by atoms with van der Waals surface area (Å²) in [4.78, 5) is 46.1. The number of thioether (sulfide) groups is 1. The zero-order valence-corrected chi connectivity index (χ0v) is 20.9. The second kappa shape index (κ2) is 9.23. The maximum atomic E-state index is 13.2. The number of carbonyl (C=O) groups is 2. The van der Waals surface area contributed by atoms with Crippen LogP contribution in [0.4, 0.5) is 5.00 Å². The van der Waals surface area contributed by atoms with Gasteiger partial charge in [0.1, 0.15) is 9.83 Å². The molecule has 7 nitrogen and oxygen atoms in total. The molecule has 0 aliphatic heterocycles. The van der Waals surface area contributed by atoms with Gasteiger partial charge in [0.2, 0.25) is 5.91 Å². The molecule has 0 atom stereocenters. The Morgan fingerprint density at radius 1 is 1.06 bits per heavy atom. The Hall–Kier alpha value is -2.17. The van der Waals surface area contributed by atoms with E-state index < -0.39 is 5.91 Å². The number of aromatic nitrogens is 2. The number of primary amides is 1. The topological polar surface area (TPSA) is 107 Å². The standard InChI is InChI=1S/C23H26N4O3S3/c1-2-27-22(30)18-13-8-4-6-10-15(13)33-21(18)26-23(27)31-11-16(28)25-20-17(19(24)29)12-7-3-5-9-14(12)32-20/h2-11H2,1H3,(H2,24,29)(H,25,28). The predicted octanol–water partition coefficient (Wildman–Crippen LogP) is 4.13. The summed E-state index contributed by atoms with van der Waals surface area (Å²) in [5.41, 5.74) is 8.26. The van der Waals surface area contributed by atoms with Gasteiger partial charge >= 0.3 is 0 Å². The summed E-state index contributed by atoms with van der Waals surface area (Å²) >= 11 is 4.33. The van der Waals surface area contributed by atoms with Crippen LogP contribution in [0.25, 0.3) is 10.2 Å². The number of fused-ring (bicyclic) bond motifs is 4. The Labute approximate surface area is 203 Å². The first-order valence-electron chi connectivity index (χ1n) is 11.4. The number of hydrogen-bond donors (Lipinski definition) is 2. The summed E-state index contributed by atoms with van der Waals surface area (Å²) in [5, 5.41) is 4.76. The van der Waals surface area contributed by atoms with Gasteiger partial charge < -0.3 is 11.1 Å². The predicted molar refractivity (Wildman–Crippen MR) is 135 cm³/mol. The minimum Gasteiger partial charge on any atom is -0.365 e. The second-order valence-corrected chi connectivity index (χ2v) is 11.6. The lowest BCUT2D eigenvalue weighted by molar-refractivity contribution is -0.113. The van der Waals surface area contributed by atoms with Crippen LogP contribution in [-0.4, -0.2) is 27.1 Å². The van der Waals surface area contributed by atoms with Gasteiger partial charge in [0, 0.05) is 16.3 Å². The van der Waals surface area contributed by atoms with Crippen LogP contribution in [0.15, 0.2) is 9.95 Å². The van der Waals surface area contributed by atoms with Gasteiger partial charge in [-0.3, -0.25) is 19.0 Å². The van der Waals surface area contributed by atoms with Crippen molar-refractivity contribution in [2.24, 2.45) is 5.73 Å². The molecule has 174 valence electrons. The smallest absolute Gasteiger partial charge is 0.263 e. The zero-order chi connectivity index (χ0) is 23.1. The van der Waals surface area contributed by atoms with E-state index in [1.54, 1.807) is 15.9 Å². The molecule has 3 N–H and O–H groups in total. The van der Waals surface area contributed by atoms with E-state index in [0.717, 1.165) is 72.0 Å². The summed E-state index contributed by atoms with van der Waals surface area (Å²) in [6, 6.07) is 0. The van der Waals surface area contributed by atoms with E-state index in [4.69, 9.17) is 10.7 Å². The number of thiophene rings is 2. The fraction of sp³-hybridized carbons (Fsp3) is 0.478. The lowest BCUT2D eigenvalue weighted by Gasteiger charge is -2.12. The Kier molecular flexibility index (Phi) is 6.32. The molecule has 0 aromatic carbocycles. The van der Waals surface area contributed by atoms with Gasteiger partial charge in [0.15, 0.2) is 5.16 Å². The number of rotatable bonds is 6. The largest absolute Gasteiger partial charge is 0.365 e. The highest BCUT2D eigenvalue weighted by Gasteiger charge is 2.26. The minimum absolute atomic E-state index is 0.00763. The second-order valence-electron chi connectivity index (χ2n) is 8.45. The molecular weight excluding hydrogens is 476 g/mol. The number of nitrogens with two attached hydrogens (primary N) is 1. The van der Waals surface area contributed by atoms with Gasteiger partial charge in [-0.25, -0.2) is 4.98 Å². The van der Waals surface area contributed by atoms with Crippen molar-refractivity contribution >= 4 is 61.5 Å². The number of carbonyl (C=O) groups excluding carboxylic acids is 2. The molecule has 0 fully saturated rings. The van der Waals surface area contributed by atoms with Gasteiger partial charge in [-0.1, -0.05) is 11.8 Å². The fourth-order valence-electron chi connectivity index (χ4n) is 4.82. The van der Waals surface area contributed by atoms with Crippen LogP contribution in [0.5, 0.6) is 0 Å². The van der Waals surface area contributed by atoms with Gasteiger partial charge in [0.05, 0.1) is 16.7 Å². The fourth-order valence-corrected chi connectivity index (χ4v) is 8.29. The lowest BCUT2D eigenvalue weighted by Crippen LogP contribution is -2.24. The van der Waals surface area contributed by atoms with Crippen molar-refractivity contribution in [3.63, 3.8) is 0 Å². The van der Waals surface area contributed by atoms with Crippen LogP contribution in [0, 0.1) is 0 Å². The van der Waals surface area contributed by atoms with Crippen molar-refractivity contribution in [3.05, 3.63) is 36.8 Å². The van der Waals surface area contributed by atoms with Crippen molar-refractivity contribution in [3.8, 4) is 0 Å². The van der Waals surface area contributed by atoms with Gasteiger partial charge in [-0.15, -0.1) is 22.7 Å². The maximum absolute atomic E-state index is 13.2. The molecule has 0 saturated carbocycles. The third-order valence-electron chi connectivity index (χ3n) is 6.36. The summed E-state index contributed by atoms with van der Waals surface area (Å²) in [5.74, 6) is -0.626. The van der Waals surface area contributed by atoms with Crippen LogP contribution in [-0.2, 0) is 37.0 Å². The normalized spacial score (nSPS) is 15.3. The van der Waals surface area contributed by atoms with Crippen molar-refractivity contribution in [2.45, 2.75) is 70.0 Å². The molecule has 0 saturated heterocycles. The summed E-state index contributed by atoms with van der Waals surface area (Å²) in [6.45, 7) is 2.42. The Balaban J connectivity index is 1.38. The first-order chi connectivity index (χ1) is 16.0. The van der Waals surface area contributed by atoms with Gasteiger partial charge in [-0.05, 0) is 69.4 Å². The summed E-state index contributed by atoms with van der Waals surface area (Å²) in [6.07, 6.45) is 8.09. The van der Waals surface area contributed by atoms with E-state index in [0.29, 0.717) is 22.3 Å². The third kappa shape index (κ3) is 4.13. The molecule has 3 aromatic heterocycles. The van der Waals surface area contributed by atoms with Gasteiger partial charge in [-0.2, -0.15) is 0 Å². The monoisotopic (exact) mass is 502 g/mol. The molecule has 0 spiro atoms. The molecule has 5 rings (SSSR count). The molecule has 2 aliphatic rings. The molecule has 3 aromatic rings. The van der Waals surface area contributed by atoms with Crippen LogP contribution < -0.4 is 16.6 Å². The number of nitrogens with one attached hydrogen (secondary N) is 1. The molecule has 0 radical (unpaired) electrons. The SMILES string of the molecule is CCn1c(SCC(=O)Nc2sc3c(c2C(N)=O)CCCC3)nc2sc3c(c2c1=O)CCCC3. The Morgan fingerprint density at radius 2 is 1.73 bits per heavy atom. The van der Waals surface area contributed by atoms with E-state index >= 15 is 0 Å². The highest BCUT2D eigenvalue weighted by Crippen LogP contribution is 2.38. The number of hydrogen-bond acceptors (Lipinski definition) is 7. The van der Waals surface area contributed by atoms with Crippen molar-refractivity contribution in [1.29, 1.82) is 0 Å². The van der Waals surface area contributed by atoms with Crippen LogP contribution in [0.2, 0.25) is 0 Å². The molecule has 2 aliphatic carbocycles. The molecule has 33 heavy (non-hydrogen) atoms. The average Bonchev–Trinajstić information content (AvgIpc) is 3.35. The molecule has 3 heterocycles. The number of nitrogens with zero attached hydrogens (tertiary/aromatic N) is 2. The van der Waals surface area contributed by atoms with E-state index in [-0.39, 0.29) is 17.2 Å². The van der Waals surface area contributed by atoms with E-state index in [9.17, 15) is 14.4 Å². The van der Waals surface area contributed by atoms with Crippen molar-refractivity contribution in [1.82, 2.24) is 9.55 Å². The minimum atomic E-state index is -0.494. The number of amides is 2. The van der Waals surface area contributed by atoms with Crippen LogP contribution >= 0.6 is 34.4 Å². The van der Waals surface area contributed by atoms with Crippen molar-refractivity contribution < 1.29 is 9.59 Å². The highest BCUT2D eigenvalue weighted by molar-refractivity contribution is 7.99. The molecule has 0 unspecified atom stereocenters. The third-order valence-corrected chi connectivity index (χ3v) is 9.73. The van der Waals surface area contributed by atoms with E-state index in [1.807, 2.05) is 6.92 Å². The van der Waals surface area contributed by atoms with Crippen LogP contribution in [0.1, 0.15) is 63.8 Å². The van der Waals surface area contributed by atoms with Crippen molar-refractivity contribution in [2.75, 3.05) is 11.1 Å². The van der Waals surface area contributed by atoms with Crippen LogP contribution in [0.3, 0.4) is 0 Å². The summed E-state index contributed by atoms with van der Waals surface area (Å²) in [7, 11) is 0.